The number of hydrogen-bond donors (Lipinski definition) is 1. The minimum absolute atomic E-state index is 0.606. The molecule has 1 saturated heterocycles. The van der Waals surface area contributed by atoms with E-state index in [0.29, 0.717) is 5.17 Å². The van der Waals surface area contributed by atoms with Gasteiger partial charge in [0.05, 0.1) is 18.9 Å². The highest BCUT2D eigenvalue weighted by Gasteiger charge is 2.12. The number of nitrogens with zero attached hydrogens (tertiary/aromatic N) is 3. The van der Waals surface area contributed by atoms with Crippen molar-refractivity contribution in [1.82, 2.24) is 5.32 Å². The summed E-state index contributed by atoms with van der Waals surface area (Å²) in [5.41, 5.74) is 3.18. The lowest BCUT2D eigenvalue weighted by molar-refractivity contribution is 0.122. The second-order valence-electron chi connectivity index (χ2n) is 4.43. The molecule has 1 fully saturated rings. The average molecular weight is 290 g/mol. The van der Waals surface area contributed by atoms with E-state index >= 15 is 0 Å². The summed E-state index contributed by atoms with van der Waals surface area (Å²) in [5, 5.41) is 11.8. The molecule has 5 nitrogen and oxygen atoms in total. The molecule has 0 aromatic heterocycles. The molecule has 1 aromatic carbocycles. The van der Waals surface area contributed by atoms with Crippen LogP contribution in [0.2, 0.25) is 0 Å². The van der Waals surface area contributed by atoms with Crippen LogP contribution in [0.4, 0.5) is 11.4 Å². The molecule has 1 aromatic rings. The first-order valence-corrected chi connectivity index (χ1v) is 7.68. The molecule has 1 heterocycles. The van der Waals surface area contributed by atoms with Gasteiger partial charge in [0.1, 0.15) is 0 Å². The maximum Gasteiger partial charge on any atom is 0.183 e. The fourth-order valence-corrected chi connectivity index (χ4v) is 2.40. The molecule has 1 aliphatic rings. The SMILES string of the molecule is CSC(=Nc1ccc(N2CCOCC2)cc1C)NC#N. The third-order valence-corrected chi connectivity index (χ3v) is 3.71. The van der Waals surface area contributed by atoms with Gasteiger partial charge in [-0.15, -0.1) is 0 Å². The molecule has 0 saturated carbocycles. The zero-order chi connectivity index (χ0) is 14.4. The minimum atomic E-state index is 0.606. The summed E-state index contributed by atoms with van der Waals surface area (Å²) in [6.45, 7) is 5.44. The predicted octanol–water partition coefficient (Wildman–Crippen LogP) is 2.25. The molecule has 0 atom stereocenters. The van der Waals surface area contributed by atoms with E-state index in [2.05, 4.69) is 27.3 Å². The van der Waals surface area contributed by atoms with Crippen LogP contribution in [0.3, 0.4) is 0 Å². The quantitative estimate of drug-likeness (QED) is 0.392. The number of benzene rings is 1. The first-order valence-electron chi connectivity index (χ1n) is 6.45. The molecule has 0 radical (unpaired) electrons. The summed E-state index contributed by atoms with van der Waals surface area (Å²) in [6, 6.07) is 6.20. The molecule has 1 N–H and O–H groups in total. The Bertz CT molecular complexity index is 532. The van der Waals surface area contributed by atoms with Gasteiger partial charge in [0, 0.05) is 18.8 Å². The van der Waals surface area contributed by atoms with Crippen molar-refractivity contribution in [2.45, 2.75) is 6.92 Å². The van der Waals surface area contributed by atoms with Crippen molar-refractivity contribution in [2.24, 2.45) is 4.99 Å². The van der Waals surface area contributed by atoms with Crippen molar-refractivity contribution < 1.29 is 4.74 Å². The molecule has 106 valence electrons. The summed E-state index contributed by atoms with van der Waals surface area (Å²) in [4.78, 5) is 6.77. The highest BCUT2D eigenvalue weighted by Crippen LogP contribution is 2.26. The van der Waals surface area contributed by atoms with Crippen molar-refractivity contribution in [1.29, 1.82) is 5.26 Å². The van der Waals surface area contributed by atoms with E-state index in [0.717, 1.165) is 37.6 Å². The smallest absolute Gasteiger partial charge is 0.183 e. The number of thioether (sulfide) groups is 1. The Hall–Kier alpha value is -1.71. The second-order valence-corrected chi connectivity index (χ2v) is 5.22. The molecular weight excluding hydrogens is 272 g/mol. The molecule has 0 amide bonds. The monoisotopic (exact) mass is 290 g/mol. The van der Waals surface area contributed by atoms with E-state index in [1.165, 1.54) is 17.4 Å². The number of nitriles is 1. The number of ether oxygens (including phenoxy) is 1. The van der Waals surface area contributed by atoms with Crippen LogP contribution in [-0.4, -0.2) is 37.7 Å². The van der Waals surface area contributed by atoms with Crippen molar-refractivity contribution in [3.8, 4) is 6.19 Å². The van der Waals surface area contributed by atoms with Gasteiger partial charge in [0.25, 0.3) is 0 Å². The Balaban J connectivity index is 2.19. The fraction of sp³-hybridized carbons (Fsp3) is 0.429. The Labute approximate surface area is 123 Å². The summed E-state index contributed by atoms with van der Waals surface area (Å²) >= 11 is 1.42. The Kier molecular flexibility index (Phi) is 5.27. The summed E-state index contributed by atoms with van der Waals surface area (Å²) < 4.78 is 5.36. The third-order valence-electron chi connectivity index (χ3n) is 3.13. The van der Waals surface area contributed by atoms with Crippen LogP contribution < -0.4 is 10.2 Å². The number of aliphatic imine (C=N–C) groups is 1. The predicted molar refractivity (Wildman–Crippen MR) is 83.6 cm³/mol. The summed E-state index contributed by atoms with van der Waals surface area (Å²) in [6.07, 6.45) is 3.79. The van der Waals surface area contributed by atoms with E-state index < -0.39 is 0 Å². The maximum atomic E-state index is 8.66. The molecule has 6 heteroatoms. The number of nitrogens with one attached hydrogen (secondary N) is 1. The second kappa shape index (κ2) is 7.17. The molecule has 20 heavy (non-hydrogen) atoms. The van der Waals surface area contributed by atoms with Crippen molar-refractivity contribution in [3.63, 3.8) is 0 Å². The van der Waals surface area contributed by atoms with Gasteiger partial charge in [-0.25, -0.2) is 4.99 Å². The van der Waals surface area contributed by atoms with E-state index in [9.17, 15) is 0 Å². The molecule has 0 spiro atoms. The standard InChI is InChI=1S/C14H18N4OS/c1-11-9-12(18-5-7-19-8-6-18)3-4-13(11)17-14(20-2)16-10-15/h3-4,9H,5-8H2,1-2H3,(H,16,17). The number of rotatable bonds is 2. The first kappa shape index (κ1) is 14.7. The molecule has 0 bridgehead atoms. The molecule has 1 aliphatic heterocycles. The third kappa shape index (κ3) is 3.65. The van der Waals surface area contributed by atoms with E-state index in [1.807, 2.05) is 25.4 Å². The van der Waals surface area contributed by atoms with Crippen LogP contribution >= 0.6 is 11.8 Å². The zero-order valence-corrected chi connectivity index (χ0v) is 12.5. The average Bonchev–Trinajstić information content (AvgIpc) is 2.49. The number of hydrogen-bond acceptors (Lipinski definition) is 5. The van der Waals surface area contributed by atoms with Crippen LogP contribution in [0, 0.1) is 18.4 Å². The fourth-order valence-electron chi connectivity index (χ4n) is 2.07. The number of anilines is 1. The van der Waals surface area contributed by atoms with Gasteiger partial charge in [-0.3, -0.25) is 5.32 Å². The lowest BCUT2D eigenvalue weighted by Gasteiger charge is -2.29. The Morgan fingerprint density at radius 1 is 1.45 bits per heavy atom. The maximum absolute atomic E-state index is 8.66. The van der Waals surface area contributed by atoms with E-state index in [1.54, 1.807) is 0 Å². The number of aryl methyl sites for hydroxylation is 1. The number of amidine groups is 1. The lowest BCUT2D eigenvalue weighted by Crippen LogP contribution is -2.36. The van der Waals surface area contributed by atoms with Crippen LogP contribution in [0.25, 0.3) is 0 Å². The van der Waals surface area contributed by atoms with Crippen molar-refractivity contribution >= 4 is 28.3 Å². The van der Waals surface area contributed by atoms with Crippen molar-refractivity contribution in [2.75, 3.05) is 37.5 Å². The summed E-state index contributed by atoms with van der Waals surface area (Å²) in [7, 11) is 0. The van der Waals surface area contributed by atoms with Gasteiger partial charge in [-0.1, -0.05) is 11.8 Å². The highest BCUT2D eigenvalue weighted by molar-refractivity contribution is 8.13. The van der Waals surface area contributed by atoms with E-state index in [4.69, 9.17) is 10.00 Å². The van der Waals surface area contributed by atoms with Crippen LogP contribution in [0.15, 0.2) is 23.2 Å². The van der Waals surface area contributed by atoms with Gasteiger partial charge in [-0.2, -0.15) is 5.26 Å². The van der Waals surface area contributed by atoms with Gasteiger partial charge >= 0.3 is 0 Å². The van der Waals surface area contributed by atoms with Crippen LogP contribution in [0.5, 0.6) is 0 Å². The van der Waals surface area contributed by atoms with Crippen molar-refractivity contribution in [3.05, 3.63) is 23.8 Å². The normalized spacial score (nSPS) is 15.8. The van der Waals surface area contributed by atoms with Gasteiger partial charge in [0.2, 0.25) is 0 Å². The van der Waals surface area contributed by atoms with Gasteiger partial charge in [-0.05, 0) is 36.9 Å². The number of morpholine rings is 1. The van der Waals surface area contributed by atoms with Crippen LogP contribution in [0.1, 0.15) is 5.56 Å². The van der Waals surface area contributed by atoms with Crippen LogP contribution in [-0.2, 0) is 4.74 Å². The Morgan fingerprint density at radius 3 is 2.80 bits per heavy atom. The topological polar surface area (TPSA) is 60.6 Å². The molecule has 0 unspecified atom stereocenters. The minimum Gasteiger partial charge on any atom is -0.378 e. The zero-order valence-electron chi connectivity index (χ0n) is 11.7. The lowest BCUT2D eigenvalue weighted by atomic mass is 10.1. The molecular formula is C14H18N4OS. The van der Waals surface area contributed by atoms with Gasteiger partial charge in [0.15, 0.2) is 11.4 Å². The van der Waals surface area contributed by atoms with E-state index in [-0.39, 0.29) is 0 Å². The Morgan fingerprint density at radius 2 is 2.20 bits per heavy atom. The molecule has 2 rings (SSSR count). The first-order chi connectivity index (χ1) is 9.74. The summed E-state index contributed by atoms with van der Waals surface area (Å²) in [5.74, 6) is 0. The van der Waals surface area contributed by atoms with Gasteiger partial charge < -0.3 is 9.64 Å². The molecule has 0 aliphatic carbocycles. The highest BCUT2D eigenvalue weighted by atomic mass is 32.2. The largest absolute Gasteiger partial charge is 0.378 e.